The normalized spacial score (nSPS) is 18.0. The molecule has 5 nitrogen and oxygen atoms in total. The van der Waals surface area contributed by atoms with Crippen LogP contribution in [0.3, 0.4) is 0 Å². The average Bonchev–Trinajstić information content (AvgIpc) is 2.66. The predicted molar refractivity (Wildman–Crippen MR) is 75.8 cm³/mol. The minimum Gasteiger partial charge on any atom is -0.351 e. The van der Waals surface area contributed by atoms with Gasteiger partial charge in [-0.25, -0.2) is 4.98 Å². The van der Waals surface area contributed by atoms with E-state index in [1.165, 1.54) is 0 Å². The lowest BCUT2D eigenvalue weighted by molar-refractivity contribution is 0.609. The molecule has 94 valence electrons. The zero-order chi connectivity index (χ0) is 11.4. The largest absolute Gasteiger partial charge is 0.351 e. The van der Waals surface area contributed by atoms with E-state index in [1.807, 2.05) is 25.1 Å². The summed E-state index contributed by atoms with van der Waals surface area (Å²) in [6, 6.07) is 6.22. The molecular weight excluding hydrogens is 282 g/mol. The summed E-state index contributed by atoms with van der Waals surface area (Å²) in [5.41, 5.74) is 6.49. The van der Waals surface area contributed by atoms with Crippen molar-refractivity contribution < 1.29 is 0 Å². The number of nitrogens with two attached hydrogens (primary N) is 1. The number of nitrogens with one attached hydrogen (secondary N) is 2. The van der Waals surface area contributed by atoms with Crippen LogP contribution in [0.1, 0.15) is 12.1 Å². The van der Waals surface area contributed by atoms with Crippen molar-refractivity contribution in [1.82, 2.24) is 10.3 Å². The molecule has 0 saturated heterocycles. The molecule has 0 fully saturated rings. The van der Waals surface area contributed by atoms with E-state index in [4.69, 9.17) is 5.73 Å². The molecule has 4 N–H and O–H groups in total. The molecular formula is C11H18BrN5. The van der Waals surface area contributed by atoms with Gasteiger partial charge in [-0.05, 0) is 32.0 Å². The lowest BCUT2D eigenvalue weighted by Gasteiger charge is -2.11. The molecule has 1 aliphatic heterocycles. The first kappa shape index (κ1) is 13.9. The van der Waals surface area contributed by atoms with Crippen LogP contribution < -0.4 is 16.4 Å². The second-order valence-corrected chi connectivity index (χ2v) is 3.90. The van der Waals surface area contributed by atoms with Crippen molar-refractivity contribution in [1.29, 1.82) is 0 Å². The van der Waals surface area contributed by atoms with Crippen LogP contribution in [0, 0.1) is 6.92 Å². The Morgan fingerprint density at radius 3 is 3.06 bits per heavy atom. The fourth-order valence-electron chi connectivity index (χ4n) is 1.66. The summed E-state index contributed by atoms with van der Waals surface area (Å²) in [4.78, 5) is 8.71. The summed E-state index contributed by atoms with van der Waals surface area (Å²) in [5, 5.41) is 6.44. The van der Waals surface area contributed by atoms with Crippen LogP contribution in [0.15, 0.2) is 23.2 Å². The van der Waals surface area contributed by atoms with Gasteiger partial charge < -0.3 is 16.4 Å². The van der Waals surface area contributed by atoms with Gasteiger partial charge in [-0.2, -0.15) is 0 Å². The van der Waals surface area contributed by atoms with Gasteiger partial charge in [0, 0.05) is 11.7 Å². The maximum atomic E-state index is 5.50. The topological polar surface area (TPSA) is 75.3 Å². The van der Waals surface area contributed by atoms with Crippen LogP contribution in [-0.4, -0.2) is 30.1 Å². The molecule has 1 aromatic rings. The maximum absolute atomic E-state index is 5.50. The predicted octanol–water partition coefficient (Wildman–Crippen LogP) is 1.06. The number of aliphatic imine (C=N–C) groups is 1. The molecule has 0 amide bonds. The van der Waals surface area contributed by atoms with Gasteiger partial charge in [-0.1, -0.05) is 6.07 Å². The van der Waals surface area contributed by atoms with E-state index >= 15 is 0 Å². The number of aromatic nitrogens is 1. The fourth-order valence-corrected chi connectivity index (χ4v) is 1.66. The number of nitrogens with zero attached hydrogens (tertiary/aromatic N) is 2. The highest BCUT2D eigenvalue weighted by atomic mass is 79.9. The van der Waals surface area contributed by atoms with E-state index in [1.54, 1.807) is 0 Å². The van der Waals surface area contributed by atoms with Crippen LogP contribution in [0.2, 0.25) is 0 Å². The number of hydrogen-bond acceptors (Lipinski definition) is 5. The van der Waals surface area contributed by atoms with Gasteiger partial charge in [-0.15, -0.1) is 17.0 Å². The van der Waals surface area contributed by atoms with Gasteiger partial charge in [0.1, 0.15) is 5.82 Å². The van der Waals surface area contributed by atoms with Gasteiger partial charge in [0.15, 0.2) is 5.96 Å². The van der Waals surface area contributed by atoms with Crippen LogP contribution in [0.5, 0.6) is 0 Å². The number of anilines is 1. The molecule has 6 heteroatoms. The van der Waals surface area contributed by atoms with Crippen molar-refractivity contribution in [2.24, 2.45) is 10.7 Å². The van der Waals surface area contributed by atoms with E-state index < -0.39 is 0 Å². The molecule has 0 aromatic carbocycles. The number of guanidine groups is 1. The molecule has 0 bridgehead atoms. The number of rotatable bonds is 3. The summed E-state index contributed by atoms with van der Waals surface area (Å²) >= 11 is 0. The van der Waals surface area contributed by atoms with Gasteiger partial charge >= 0.3 is 0 Å². The lowest BCUT2D eigenvalue weighted by Crippen LogP contribution is -2.35. The molecule has 1 aliphatic rings. The minimum absolute atomic E-state index is 0. The summed E-state index contributed by atoms with van der Waals surface area (Å²) in [6.07, 6.45) is 0.940. The third kappa shape index (κ3) is 3.98. The Kier molecular flexibility index (Phi) is 5.37. The van der Waals surface area contributed by atoms with E-state index in [-0.39, 0.29) is 17.0 Å². The molecule has 0 saturated carbocycles. The number of halogens is 1. The third-order valence-electron chi connectivity index (χ3n) is 2.46. The second kappa shape index (κ2) is 6.56. The van der Waals surface area contributed by atoms with Crippen molar-refractivity contribution in [3.8, 4) is 0 Å². The van der Waals surface area contributed by atoms with Crippen LogP contribution in [-0.2, 0) is 0 Å². The third-order valence-corrected chi connectivity index (χ3v) is 2.46. The summed E-state index contributed by atoms with van der Waals surface area (Å²) < 4.78 is 0. The zero-order valence-electron chi connectivity index (χ0n) is 9.81. The molecule has 2 heterocycles. The molecule has 1 atom stereocenters. The lowest BCUT2D eigenvalue weighted by atomic mass is 10.2. The smallest absolute Gasteiger partial charge is 0.197 e. The molecule has 0 aliphatic carbocycles. The van der Waals surface area contributed by atoms with Crippen molar-refractivity contribution >= 4 is 28.8 Å². The Morgan fingerprint density at radius 1 is 1.53 bits per heavy atom. The van der Waals surface area contributed by atoms with Gasteiger partial charge in [0.2, 0.25) is 0 Å². The van der Waals surface area contributed by atoms with E-state index in [0.717, 1.165) is 30.4 Å². The first-order valence-electron chi connectivity index (χ1n) is 5.49. The number of hydrogen-bond donors (Lipinski definition) is 3. The Morgan fingerprint density at radius 2 is 2.35 bits per heavy atom. The van der Waals surface area contributed by atoms with E-state index in [2.05, 4.69) is 20.6 Å². The zero-order valence-corrected chi connectivity index (χ0v) is 11.5. The minimum atomic E-state index is 0. The molecule has 17 heavy (non-hydrogen) atoms. The first-order valence-corrected chi connectivity index (χ1v) is 5.49. The molecule has 0 radical (unpaired) electrons. The van der Waals surface area contributed by atoms with Crippen LogP contribution in [0.25, 0.3) is 0 Å². The molecule has 0 spiro atoms. The average molecular weight is 300 g/mol. The van der Waals surface area contributed by atoms with Crippen molar-refractivity contribution in [3.05, 3.63) is 23.9 Å². The quantitative estimate of drug-likeness (QED) is 0.780. The van der Waals surface area contributed by atoms with Crippen LogP contribution in [0.4, 0.5) is 5.82 Å². The van der Waals surface area contributed by atoms with Crippen molar-refractivity contribution in [3.63, 3.8) is 0 Å². The SMILES string of the molecule is Br.Cc1cccc(NC2=NC[C@H](CCN)N2)n1. The monoisotopic (exact) mass is 299 g/mol. The van der Waals surface area contributed by atoms with Gasteiger partial charge in [0.05, 0.1) is 6.54 Å². The van der Waals surface area contributed by atoms with Crippen molar-refractivity contribution in [2.45, 2.75) is 19.4 Å². The summed E-state index contributed by atoms with van der Waals surface area (Å²) in [6.45, 7) is 3.43. The van der Waals surface area contributed by atoms with E-state index in [9.17, 15) is 0 Å². The molecule has 1 aromatic heterocycles. The standard InChI is InChI=1S/C11H17N5.BrH/c1-8-3-2-4-10(14-8)16-11-13-7-9(15-11)5-6-12;/h2-4,9H,5-7,12H2,1H3,(H2,13,14,15,16);1H/t9-;/m0./s1. The van der Waals surface area contributed by atoms with Crippen LogP contribution >= 0.6 is 17.0 Å². The Labute approximate surface area is 112 Å². The highest BCUT2D eigenvalue weighted by molar-refractivity contribution is 8.93. The van der Waals surface area contributed by atoms with Gasteiger partial charge in [-0.3, -0.25) is 4.99 Å². The second-order valence-electron chi connectivity index (χ2n) is 3.90. The Hall–Kier alpha value is -1.14. The Balaban J connectivity index is 0.00000144. The fraction of sp³-hybridized carbons (Fsp3) is 0.455. The van der Waals surface area contributed by atoms with Crippen molar-refractivity contribution in [2.75, 3.05) is 18.4 Å². The number of pyridine rings is 1. The Bertz CT molecular complexity index is 393. The molecule has 0 unspecified atom stereocenters. The maximum Gasteiger partial charge on any atom is 0.197 e. The highest BCUT2D eigenvalue weighted by Gasteiger charge is 2.16. The molecule has 2 rings (SSSR count). The highest BCUT2D eigenvalue weighted by Crippen LogP contribution is 2.06. The summed E-state index contributed by atoms with van der Waals surface area (Å²) in [5.74, 6) is 1.61. The summed E-state index contributed by atoms with van der Waals surface area (Å²) in [7, 11) is 0. The first-order chi connectivity index (χ1) is 7.78. The number of aryl methyl sites for hydroxylation is 1. The van der Waals surface area contributed by atoms with E-state index in [0.29, 0.717) is 12.6 Å². The van der Waals surface area contributed by atoms with Gasteiger partial charge in [0.25, 0.3) is 0 Å².